The van der Waals surface area contributed by atoms with Crippen molar-refractivity contribution in [2.24, 2.45) is 0 Å². The smallest absolute Gasteiger partial charge is 0.277 e. The van der Waals surface area contributed by atoms with Crippen molar-refractivity contribution in [3.8, 4) is 0 Å². The summed E-state index contributed by atoms with van der Waals surface area (Å²) in [6.07, 6.45) is 0. The maximum absolute atomic E-state index is 14.6. The maximum Gasteiger partial charge on any atom is 0.277 e. The second kappa shape index (κ2) is 9.95. The molecule has 2 aromatic carbocycles. The summed E-state index contributed by atoms with van der Waals surface area (Å²) in [6.45, 7) is 4.00. The number of likely N-dealkylation sites (N-methyl/N-ethyl adjacent to an activating group) is 1. The first kappa shape index (κ1) is 23.0. The first-order valence-corrected chi connectivity index (χ1v) is 10.3. The minimum absolute atomic E-state index is 0.0593. The molecule has 0 aromatic heterocycles. The molecular weight excluding hydrogens is 547 g/mol. The molecule has 2 aromatic rings. The van der Waals surface area contributed by atoms with Crippen LogP contribution in [0.15, 0.2) is 28.7 Å². The van der Waals surface area contributed by atoms with Crippen LogP contribution < -0.4 is 10.8 Å². The second-order valence-corrected chi connectivity index (χ2v) is 8.65. The fourth-order valence-corrected chi connectivity index (χ4v) is 3.28. The average molecular weight is 568 g/mol. The molecule has 1 amide bonds. The Morgan fingerprint density at radius 3 is 2.57 bits per heavy atom. The van der Waals surface area contributed by atoms with Gasteiger partial charge in [0.05, 0.1) is 22.3 Å². The molecule has 2 rings (SSSR count). The van der Waals surface area contributed by atoms with Gasteiger partial charge in [-0.05, 0) is 96.3 Å². The van der Waals surface area contributed by atoms with Crippen LogP contribution in [0.2, 0.25) is 0 Å². The summed E-state index contributed by atoms with van der Waals surface area (Å²) in [5.74, 6) is -2.92. The van der Waals surface area contributed by atoms with Crippen molar-refractivity contribution >= 4 is 55.8 Å². The molecule has 0 spiro atoms. The number of halogens is 4. The molecule has 1 unspecified atom stereocenters. The zero-order valence-corrected chi connectivity index (χ0v) is 19.6. The molecule has 0 bridgehead atoms. The van der Waals surface area contributed by atoms with Crippen LogP contribution in [0.3, 0.4) is 0 Å². The number of carbonyl (C=O) groups excluding carboxylic acids is 1. The molecule has 9 heteroatoms. The number of nitrogens with one attached hydrogen (secondary N) is 2. The zero-order chi connectivity index (χ0) is 21.0. The summed E-state index contributed by atoms with van der Waals surface area (Å²) in [5.41, 5.74) is 3.35. The Balaban J connectivity index is 2.31. The number of hydrogen-bond acceptors (Lipinski definition) is 4. The van der Waals surface area contributed by atoms with E-state index in [2.05, 4.69) is 49.3 Å². The van der Waals surface area contributed by atoms with E-state index in [0.29, 0.717) is 5.69 Å². The molecule has 0 heterocycles. The lowest BCUT2D eigenvalue weighted by molar-refractivity contribution is 0.0125. The number of carbonyl (C=O) groups is 1. The summed E-state index contributed by atoms with van der Waals surface area (Å²) in [6, 6.07) is 6.74. The van der Waals surface area contributed by atoms with Gasteiger partial charge in [0.2, 0.25) is 0 Å². The van der Waals surface area contributed by atoms with Crippen LogP contribution in [0.1, 0.15) is 22.8 Å². The first-order chi connectivity index (χ1) is 13.1. The number of aryl methyl sites for hydroxylation is 1. The van der Waals surface area contributed by atoms with E-state index in [4.69, 9.17) is 4.84 Å². The Hall–Kier alpha value is -1.30. The van der Waals surface area contributed by atoms with Crippen LogP contribution in [0.5, 0.6) is 0 Å². The van der Waals surface area contributed by atoms with Crippen LogP contribution >= 0.6 is 38.5 Å². The molecule has 0 fully saturated rings. The number of rotatable bonds is 7. The third-order valence-electron chi connectivity index (χ3n) is 4.23. The molecule has 0 saturated heterocycles. The van der Waals surface area contributed by atoms with Crippen molar-refractivity contribution in [2.75, 3.05) is 26.0 Å². The largest absolute Gasteiger partial charge is 0.352 e. The van der Waals surface area contributed by atoms with Crippen molar-refractivity contribution in [1.82, 2.24) is 10.4 Å². The zero-order valence-electron chi connectivity index (χ0n) is 15.9. The number of nitrogens with zero attached hydrogens (tertiary/aromatic N) is 1. The Kier molecular flexibility index (Phi) is 8.17. The van der Waals surface area contributed by atoms with Gasteiger partial charge in [0.15, 0.2) is 11.6 Å². The molecule has 0 aliphatic heterocycles. The maximum atomic E-state index is 14.6. The van der Waals surface area contributed by atoms with Gasteiger partial charge in [0.25, 0.3) is 5.91 Å². The third-order valence-corrected chi connectivity index (χ3v) is 5.47. The molecule has 28 heavy (non-hydrogen) atoms. The third kappa shape index (κ3) is 5.62. The highest BCUT2D eigenvalue weighted by Crippen LogP contribution is 2.32. The highest BCUT2D eigenvalue weighted by molar-refractivity contribution is 14.1. The normalized spacial score (nSPS) is 12.2. The lowest BCUT2D eigenvalue weighted by Gasteiger charge is -2.20. The van der Waals surface area contributed by atoms with Crippen molar-refractivity contribution in [2.45, 2.75) is 19.9 Å². The number of anilines is 2. The van der Waals surface area contributed by atoms with Gasteiger partial charge in [-0.1, -0.05) is 0 Å². The van der Waals surface area contributed by atoms with Crippen molar-refractivity contribution in [3.05, 3.63) is 55.1 Å². The summed E-state index contributed by atoms with van der Waals surface area (Å²) in [5, 5.41) is 2.84. The quantitative estimate of drug-likeness (QED) is 0.281. The summed E-state index contributed by atoms with van der Waals surface area (Å²) < 4.78 is 29.6. The molecule has 0 radical (unpaired) electrons. The van der Waals surface area contributed by atoms with Crippen molar-refractivity contribution < 1.29 is 18.4 Å². The van der Waals surface area contributed by atoms with E-state index in [-0.39, 0.29) is 28.4 Å². The average Bonchev–Trinajstić information content (AvgIpc) is 2.63. The van der Waals surface area contributed by atoms with Crippen LogP contribution in [-0.2, 0) is 4.84 Å². The van der Waals surface area contributed by atoms with E-state index in [1.165, 1.54) is 6.07 Å². The summed E-state index contributed by atoms with van der Waals surface area (Å²) in [4.78, 5) is 19.7. The van der Waals surface area contributed by atoms with E-state index in [0.717, 1.165) is 9.13 Å². The number of hydrogen-bond donors (Lipinski definition) is 2. The lowest BCUT2D eigenvalue weighted by Crippen LogP contribution is -2.34. The summed E-state index contributed by atoms with van der Waals surface area (Å²) >= 11 is 5.11. The van der Waals surface area contributed by atoms with Crippen LogP contribution in [0.4, 0.5) is 20.2 Å². The molecule has 0 saturated carbocycles. The van der Waals surface area contributed by atoms with Gasteiger partial charge in [-0.2, -0.15) is 0 Å². The highest BCUT2D eigenvalue weighted by Gasteiger charge is 2.23. The minimum Gasteiger partial charge on any atom is -0.352 e. The Morgan fingerprint density at radius 1 is 1.29 bits per heavy atom. The number of hydroxylamine groups is 1. The van der Waals surface area contributed by atoms with Gasteiger partial charge in [0, 0.05) is 15.3 Å². The lowest BCUT2D eigenvalue weighted by atomic mass is 10.1. The van der Waals surface area contributed by atoms with Gasteiger partial charge in [-0.3, -0.25) is 9.63 Å². The SMILES string of the molecule is Cc1cc(I)ccc1Nc1c(C(=O)NOCC(C)N(C)C)cc(Br)c(F)c1F. The monoisotopic (exact) mass is 567 g/mol. The number of amides is 1. The molecule has 0 aliphatic rings. The van der Waals surface area contributed by atoms with Gasteiger partial charge in [-0.15, -0.1) is 0 Å². The predicted octanol–water partition coefficient (Wildman–Crippen LogP) is 5.00. The van der Waals surface area contributed by atoms with E-state index in [1.54, 1.807) is 6.07 Å². The number of benzene rings is 2. The van der Waals surface area contributed by atoms with Gasteiger partial charge in [0.1, 0.15) is 0 Å². The Morgan fingerprint density at radius 2 is 1.96 bits per heavy atom. The fraction of sp³-hybridized carbons (Fsp3) is 0.316. The van der Waals surface area contributed by atoms with Crippen molar-refractivity contribution in [3.63, 3.8) is 0 Å². The highest BCUT2D eigenvalue weighted by atomic mass is 127. The first-order valence-electron chi connectivity index (χ1n) is 8.41. The van der Waals surface area contributed by atoms with Crippen LogP contribution in [-0.4, -0.2) is 37.6 Å². The van der Waals surface area contributed by atoms with E-state index < -0.39 is 17.5 Å². The molecular formula is C19H21BrF2IN3O2. The fourth-order valence-electron chi connectivity index (χ4n) is 2.23. The molecule has 152 valence electrons. The Labute approximate surface area is 185 Å². The van der Waals surface area contributed by atoms with Gasteiger partial charge in [-0.25, -0.2) is 14.3 Å². The van der Waals surface area contributed by atoms with Crippen molar-refractivity contribution in [1.29, 1.82) is 0 Å². The minimum atomic E-state index is -1.15. The second-order valence-electron chi connectivity index (χ2n) is 6.55. The van der Waals surface area contributed by atoms with E-state index >= 15 is 0 Å². The summed E-state index contributed by atoms with van der Waals surface area (Å²) in [7, 11) is 3.77. The van der Waals surface area contributed by atoms with Gasteiger partial charge >= 0.3 is 0 Å². The van der Waals surface area contributed by atoms with E-state index in [9.17, 15) is 13.6 Å². The molecule has 1 atom stereocenters. The van der Waals surface area contributed by atoms with E-state index in [1.807, 2.05) is 45.0 Å². The molecule has 0 aliphatic carbocycles. The predicted molar refractivity (Wildman–Crippen MR) is 118 cm³/mol. The molecule has 5 nitrogen and oxygen atoms in total. The van der Waals surface area contributed by atoms with Crippen LogP contribution in [0, 0.1) is 22.1 Å². The van der Waals surface area contributed by atoms with Gasteiger partial charge < -0.3 is 10.2 Å². The topological polar surface area (TPSA) is 53.6 Å². The Bertz CT molecular complexity index is 881. The standard InChI is InChI=1S/C19H21BrF2IN3O2/c1-10-7-12(23)5-6-15(10)24-18-13(8-14(20)16(21)17(18)22)19(27)25-28-9-11(2)26(3)4/h5-8,11,24H,9H2,1-4H3,(H,25,27). The molecule has 2 N–H and O–H groups in total. The van der Waals surface area contributed by atoms with Crippen LogP contribution in [0.25, 0.3) is 0 Å².